The molecule has 0 saturated heterocycles. The molecule has 1 rings (SSSR count). The van der Waals surface area contributed by atoms with Crippen LogP contribution >= 0.6 is 0 Å². The van der Waals surface area contributed by atoms with Crippen LogP contribution in [0.4, 0.5) is 13.2 Å². The minimum absolute atomic E-state index is 0.0874. The molecule has 0 spiro atoms. The second kappa shape index (κ2) is 4.78. The summed E-state index contributed by atoms with van der Waals surface area (Å²) >= 11 is 0. The zero-order valence-electron chi connectivity index (χ0n) is 9.61. The van der Waals surface area contributed by atoms with Crippen molar-refractivity contribution in [2.24, 2.45) is 5.92 Å². The van der Waals surface area contributed by atoms with Gasteiger partial charge in [0.2, 0.25) is 0 Å². The summed E-state index contributed by atoms with van der Waals surface area (Å²) in [6, 6.07) is 0. The van der Waals surface area contributed by atoms with Gasteiger partial charge in [-0.1, -0.05) is 12.2 Å². The van der Waals surface area contributed by atoms with Crippen LogP contribution in [0.25, 0.3) is 0 Å². The quantitative estimate of drug-likeness (QED) is 0.570. The van der Waals surface area contributed by atoms with Crippen LogP contribution in [-0.4, -0.2) is 16.9 Å². The highest BCUT2D eigenvalue weighted by atomic mass is 19.4. The number of halogens is 3. The van der Waals surface area contributed by atoms with E-state index in [0.717, 1.165) is 5.57 Å². The summed E-state index contributed by atoms with van der Waals surface area (Å²) in [4.78, 5) is 0. The van der Waals surface area contributed by atoms with E-state index in [0.29, 0.717) is 25.7 Å². The third kappa shape index (κ3) is 4.56. The molecular formula is C12H19F3O. The SMILES string of the molecule is C=C1CCC(C)(O)CCC1CCC(F)(F)F. The predicted molar refractivity (Wildman–Crippen MR) is 57.0 cm³/mol. The molecule has 0 radical (unpaired) electrons. The highest BCUT2D eigenvalue weighted by Gasteiger charge is 2.32. The van der Waals surface area contributed by atoms with Gasteiger partial charge >= 0.3 is 6.18 Å². The Morgan fingerprint density at radius 1 is 1.44 bits per heavy atom. The maximum atomic E-state index is 12.1. The van der Waals surface area contributed by atoms with Crippen molar-refractivity contribution >= 4 is 0 Å². The lowest BCUT2D eigenvalue weighted by Crippen LogP contribution is -2.22. The molecule has 1 saturated carbocycles. The van der Waals surface area contributed by atoms with Crippen molar-refractivity contribution in [3.8, 4) is 0 Å². The van der Waals surface area contributed by atoms with Crippen molar-refractivity contribution in [3.05, 3.63) is 12.2 Å². The van der Waals surface area contributed by atoms with Gasteiger partial charge in [0.05, 0.1) is 5.60 Å². The predicted octanol–water partition coefficient (Wildman–Crippen LogP) is 3.83. The Morgan fingerprint density at radius 3 is 2.62 bits per heavy atom. The zero-order chi connectivity index (χ0) is 12.4. The summed E-state index contributed by atoms with van der Waals surface area (Å²) in [7, 11) is 0. The van der Waals surface area contributed by atoms with Crippen LogP contribution in [-0.2, 0) is 0 Å². The maximum absolute atomic E-state index is 12.1. The Labute approximate surface area is 94.3 Å². The standard InChI is InChI=1S/C12H19F3O/c1-9-3-6-11(2,16)7-4-10(9)5-8-12(13,14)15/h10,16H,1,3-8H2,2H3. The summed E-state index contributed by atoms with van der Waals surface area (Å²) in [6.07, 6.45) is -2.31. The van der Waals surface area contributed by atoms with E-state index in [4.69, 9.17) is 0 Å². The molecule has 4 heteroatoms. The smallest absolute Gasteiger partial charge is 0.389 e. The van der Waals surface area contributed by atoms with Crippen molar-refractivity contribution < 1.29 is 18.3 Å². The molecule has 2 atom stereocenters. The second-order valence-electron chi connectivity index (χ2n) is 5.04. The van der Waals surface area contributed by atoms with Crippen LogP contribution in [0.3, 0.4) is 0 Å². The highest BCUT2D eigenvalue weighted by Crippen LogP contribution is 2.37. The Balaban J connectivity index is 2.50. The van der Waals surface area contributed by atoms with Gasteiger partial charge in [-0.25, -0.2) is 0 Å². The highest BCUT2D eigenvalue weighted by molar-refractivity contribution is 5.05. The number of allylic oxidation sites excluding steroid dienone is 1. The average Bonchev–Trinajstić information content (AvgIpc) is 2.23. The van der Waals surface area contributed by atoms with Crippen molar-refractivity contribution in [2.45, 2.75) is 57.2 Å². The van der Waals surface area contributed by atoms with Crippen LogP contribution in [0, 0.1) is 5.92 Å². The lowest BCUT2D eigenvalue weighted by atomic mass is 9.90. The van der Waals surface area contributed by atoms with Crippen molar-refractivity contribution in [1.82, 2.24) is 0 Å². The van der Waals surface area contributed by atoms with Gasteiger partial charge in [0.15, 0.2) is 0 Å². The van der Waals surface area contributed by atoms with E-state index < -0.39 is 18.2 Å². The van der Waals surface area contributed by atoms with Crippen LogP contribution < -0.4 is 0 Å². The van der Waals surface area contributed by atoms with E-state index in [-0.39, 0.29) is 12.3 Å². The van der Waals surface area contributed by atoms with Crippen molar-refractivity contribution in [1.29, 1.82) is 0 Å². The molecular weight excluding hydrogens is 217 g/mol. The Hall–Kier alpha value is -0.510. The number of aliphatic hydroxyl groups is 1. The van der Waals surface area contributed by atoms with Crippen LogP contribution in [0.1, 0.15) is 45.4 Å². The molecule has 0 aromatic carbocycles. The van der Waals surface area contributed by atoms with E-state index in [1.54, 1.807) is 6.92 Å². The minimum Gasteiger partial charge on any atom is -0.390 e. The summed E-state index contributed by atoms with van der Waals surface area (Å²) in [5.74, 6) is -0.0874. The van der Waals surface area contributed by atoms with Crippen LogP contribution in [0.5, 0.6) is 0 Å². The van der Waals surface area contributed by atoms with Gasteiger partial charge < -0.3 is 5.11 Å². The zero-order valence-corrected chi connectivity index (χ0v) is 9.61. The molecule has 1 aliphatic rings. The molecule has 94 valence electrons. The lowest BCUT2D eigenvalue weighted by molar-refractivity contribution is -0.137. The van der Waals surface area contributed by atoms with E-state index in [2.05, 4.69) is 6.58 Å². The molecule has 0 amide bonds. The number of hydrogen-bond acceptors (Lipinski definition) is 1. The molecule has 0 aromatic rings. The van der Waals surface area contributed by atoms with Crippen LogP contribution in [0.2, 0.25) is 0 Å². The van der Waals surface area contributed by atoms with Gasteiger partial charge in [-0.3, -0.25) is 0 Å². The molecule has 0 bridgehead atoms. The van der Waals surface area contributed by atoms with E-state index in [1.807, 2.05) is 0 Å². The average molecular weight is 236 g/mol. The monoisotopic (exact) mass is 236 g/mol. The summed E-state index contributed by atoms with van der Waals surface area (Å²) in [6.45, 7) is 5.59. The Bertz CT molecular complexity index is 255. The first-order chi connectivity index (χ1) is 7.20. The van der Waals surface area contributed by atoms with Gasteiger partial charge in [0.1, 0.15) is 0 Å². The molecule has 1 nitrogen and oxygen atoms in total. The van der Waals surface area contributed by atoms with Gasteiger partial charge in [-0.2, -0.15) is 13.2 Å². The summed E-state index contributed by atoms with van der Waals surface area (Å²) < 4.78 is 36.3. The first-order valence-corrected chi connectivity index (χ1v) is 5.66. The first kappa shape index (κ1) is 13.6. The number of rotatable bonds is 2. The van der Waals surface area contributed by atoms with E-state index in [9.17, 15) is 18.3 Å². The number of hydrogen-bond donors (Lipinski definition) is 1. The number of alkyl halides is 3. The first-order valence-electron chi connectivity index (χ1n) is 5.66. The molecule has 0 aromatic heterocycles. The fourth-order valence-electron chi connectivity index (χ4n) is 2.13. The molecule has 1 N–H and O–H groups in total. The fraction of sp³-hybridized carbons (Fsp3) is 0.833. The molecule has 1 fully saturated rings. The van der Waals surface area contributed by atoms with Gasteiger partial charge in [0.25, 0.3) is 0 Å². The van der Waals surface area contributed by atoms with Gasteiger partial charge in [-0.05, 0) is 44.9 Å². The maximum Gasteiger partial charge on any atom is 0.389 e. The Kier molecular flexibility index (Phi) is 4.05. The Morgan fingerprint density at radius 2 is 2.06 bits per heavy atom. The van der Waals surface area contributed by atoms with Crippen molar-refractivity contribution in [2.75, 3.05) is 0 Å². The molecule has 16 heavy (non-hydrogen) atoms. The van der Waals surface area contributed by atoms with E-state index >= 15 is 0 Å². The summed E-state index contributed by atoms with van der Waals surface area (Å²) in [5, 5.41) is 9.85. The fourth-order valence-corrected chi connectivity index (χ4v) is 2.13. The second-order valence-corrected chi connectivity index (χ2v) is 5.04. The van der Waals surface area contributed by atoms with Gasteiger partial charge in [0, 0.05) is 6.42 Å². The lowest BCUT2D eigenvalue weighted by Gasteiger charge is -2.20. The summed E-state index contributed by atoms with van der Waals surface area (Å²) in [5.41, 5.74) is 0.123. The molecule has 0 aliphatic heterocycles. The van der Waals surface area contributed by atoms with E-state index in [1.165, 1.54) is 0 Å². The topological polar surface area (TPSA) is 20.2 Å². The van der Waals surface area contributed by atoms with Crippen LogP contribution in [0.15, 0.2) is 12.2 Å². The largest absolute Gasteiger partial charge is 0.390 e. The third-order valence-corrected chi connectivity index (χ3v) is 3.37. The normalized spacial score (nSPS) is 32.6. The molecule has 0 heterocycles. The third-order valence-electron chi connectivity index (χ3n) is 3.37. The minimum atomic E-state index is -4.09. The van der Waals surface area contributed by atoms with Crippen molar-refractivity contribution in [3.63, 3.8) is 0 Å². The molecule has 2 unspecified atom stereocenters. The van der Waals surface area contributed by atoms with Gasteiger partial charge in [-0.15, -0.1) is 0 Å². The molecule has 1 aliphatic carbocycles.